The molecule has 88 valence electrons. The van der Waals surface area contributed by atoms with Crippen LogP contribution in [0.3, 0.4) is 0 Å². The number of benzene rings is 1. The van der Waals surface area contributed by atoms with Crippen molar-refractivity contribution in [2.45, 2.75) is 6.10 Å². The van der Waals surface area contributed by atoms with E-state index in [-0.39, 0.29) is 6.10 Å². The molecule has 1 unspecified atom stereocenters. The van der Waals surface area contributed by atoms with Crippen LogP contribution < -0.4 is 10.5 Å². The van der Waals surface area contributed by atoms with Gasteiger partial charge in [-0.25, -0.2) is 0 Å². The predicted molar refractivity (Wildman–Crippen MR) is 75.8 cm³/mol. The van der Waals surface area contributed by atoms with Gasteiger partial charge in [-0.15, -0.1) is 0 Å². The standard InChI is InChI=1S/C13H13IN2O/c14-11-3-5-12(6-4-11)17-13(8-15)10-2-1-7-16-9-10/h1-7,9,13H,8,15H2. The minimum Gasteiger partial charge on any atom is -0.484 e. The molecule has 1 aromatic heterocycles. The molecule has 0 fully saturated rings. The van der Waals surface area contributed by atoms with Crippen molar-refractivity contribution in [2.75, 3.05) is 6.54 Å². The average molecular weight is 340 g/mol. The first-order valence-electron chi connectivity index (χ1n) is 5.32. The molecule has 1 heterocycles. The molecule has 0 saturated heterocycles. The molecule has 0 amide bonds. The third-order valence-corrected chi connectivity index (χ3v) is 3.08. The van der Waals surface area contributed by atoms with Gasteiger partial charge in [0.2, 0.25) is 0 Å². The third-order valence-electron chi connectivity index (χ3n) is 2.36. The quantitative estimate of drug-likeness (QED) is 0.871. The number of pyridine rings is 1. The summed E-state index contributed by atoms with van der Waals surface area (Å²) < 4.78 is 7.02. The van der Waals surface area contributed by atoms with Crippen LogP contribution >= 0.6 is 22.6 Å². The number of hydrogen-bond donors (Lipinski definition) is 1. The van der Waals surface area contributed by atoms with Crippen LogP contribution in [-0.4, -0.2) is 11.5 Å². The van der Waals surface area contributed by atoms with Crippen molar-refractivity contribution >= 4 is 22.6 Å². The summed E-state index contributed by atoms with van der Waals surface area (Å²) in [5, 5.41) is 0. The van der Waals surface area contributed by atoms with E-state index in [1.54, 1.807) is 12.4 Å². The number of halogens is 1. The van der Waals surface area contributed by atoms with E-state index in [0.717, 1.165) is 11.3 Å². The van der Waals surface area contributed by atoms with Crippen LogP contribution in [0.2, 0.25) is 0 Å². The molecule has 0 bridgehead atoms. The predicted octanol–water partition coefficient (Wildman–Crippen LogP) is 2.77. The van der Waals surface area contributed by atoms with E-state index < -0.39 is 0 Å². The number of nitrogens with two attached hydrogens (primary N) is 1. The maximum atomic E-state index is 5.84. The maximum absolute atomic E-state index is 5.84. The van der Waals surface area contributed by atoms with Gasteiger partial charge in [0.1, 0.15) is 11.9 Å². The van der Waals surface area contributed by atoms with E-state index in [4.69, 9.17) is 10.5 Å². The van der Waals surface area contributed by atoms with Crippen LogP contribution in [0, 0.1) is 3.57 Å². The molecule has 0 aliphatic carbocycles. The first kappa shape index (κ1) is 12.3. The number of aromatic nitrogens is 1. The summed E-state index contributed by atoms with van der Waals surface area (Å²) >= 11 is 2.26. The van der Waals surface area contributed by atoms with E-state index in [1.807, 2.05) is 36.4 Å². The number of hydrogen-bond acceptors (Lipinski definition) is 3. The zero-order valence-corrected chi connectivity index (χ0v) is 11.4. The highest BCUT2D eigenvalue weighted by Gasteiger charge is 2.11. The molecule has 2 rings (SSSR count). The van der Waals surface area contributed by atoms with Crippen molar-refractivity contribution in [3.8, 4) is 5.75 Å². The second-order valence-corrected chi connectivity index (χ2v) is 4.83. The average Bonchev–Trinajstić information content (AvgIpc) is 2.39. The SMILES string of the molecule is NCC(Oc1ccc(I)cc1)c1cccnc1. The smallest absolute Gasteiger partial charge is 0.137 e. The van der Waals surface area contributed by atoms with Gasteiger partial charge in [-0.2, -0.15) is 0 Å². The third kappa shape index (κ3) is 3.41. The summed E-state index contributed by atoms with van der Waals surface area (Å²) in [5.74, 6) is 0.824. The Kier molecular flexibility index (Phi) is 4.33. The van der Waals surface area contributed by atoms with Crippen LogP contribution in [-0.2, 0) is 0 Å². The fourth-order valence-corrected chi connectivity index (χ4v) is 1.86. The van der Waals surface area contributed by atoms with E-state index in [2.05, 4.69) is 27.6 Å². The first-order chi connectivity index (χ1) is 8.29. The van der Waals surface area contributed by atoms with E-state index in [0.29, 0.717) is 6.54 Å². The van der Waals surface area contributed by atoms with Gasteiger partial charge in [-0.1, -0.05) is 6.07 Å². The van der Waals surface area contributed by atoms with Gasteiger partial charge in [0, 0.05) is 28.1 Å². The molecule has 2 aromatic rings. The van der Waals surface area contributed by atoms with Gasteiger partial charge in [0.15, 0.2) is 0 Å². The zero-order chi connectivity index (χ0) is 12.1. The number of ether oxygens (including phenoxy) is 1. The fraction of sp³-hybridized carbons (Fsp3) is 0.154. The summed E-state index contributed by atoms with van der Waals surface area (Å²) in [7, 11) is 0. The van der Waals surface area contributed by atoms with Crippen LogP contribution in [0.4, 0.5) is 0 Å². The Bertz CT molecular complexity index is 459. The Morgan fingerprint density at radius 3 is 2.59 bits per heavy atom. The minimum absolute atomic E-state index is 0.149. The van der Waals surface area contributed by atoms with Gasteiger partial charge in [0.05, 0.1) is 0 Å². The lowest BCUT2D eigenvalue weighted by Crippen LogP contribution is -2.18. The van der Waals surface area contributed by atoms with Crippen molar-refractivity contribution in [1.82, 2.24) is 4.98 Å². The number of rotatable bonds is 4. The molecule has 0 radical (unpaired) electrons. The molecule has 2 N–H and O–H groups in total. The molecule has 3 nitrogen and oxygen atoms in total. The first-order valence-corrected chi connectivity index (χ1v) is 6.39. The Morgan fingerprint density at radius 2 is 2.00 bits per heavy atom. The molecule has 4 heteroatoms. The highest BCUT2D eigenvalue weighted by molar-refractivity contribution is 14.1. The van der Waals surface area contributed by atoms with E-state index in [1.165, 1.54) is 3.57 Å². The molecule has 17 heavy (non-hydrogen) atoms. The highest BCUT2D eigenvalue weighted by atomic mass is 127. The molecule has 1 atom stereocenters. The van der Waals surface area contributed by atoms with Crippen LogP contribution in [0.1, 0.15) is 11.7 Å². The summed E-state index contributed by atoms with van der Waals surface area (Å²) in [5.41, 5.74) is 6.72. The summed E-state index contributed by atoms with van der Waals surface area (Å²) in [6.07, 6.45) is 3.37. The van der Waals surface area contributed by atoms with Crippen molar-refractivity contribution in [1.29, 1.82) is 0 Å². The van der Waals surface area contributed by atoms with Crippen molar-refractivity contribution in [2.24, 2.45) is 5.73 Å². The lowest BCUT2D eigenvalue weighted by atomic mass is 10.1. The lowest BCUT2D eigenvalue weighted by Gasteiger charge is -2.17. The lowest BCUT2D eigenvalue weighted by molar-refractivity contribution is 0.214. The summed E-state index contributed by atoms with van der Waals surface area (Å²) in [6.45, 7) is 0.428. The van der Waals surface area contributed by atoms with Crippen LogP contribution in [0.25, 0.3) is 0 Å². The Morgan fingerprint density at radius 1 is 1.24 bits per heavy atom. The second kappa shape index (κ2) is 5.97. The van der Waals surface area contributed by atoms with Gasteiger partial charge in [-0.3, -0.25) is 4.98 Å². The van der Waals surface area contributed by atoms with Crippen molar-refractivity contribution in [3.05, 3.63) is 57.9 Å². The summed E-state index contributed by atoms with van der Waals surface area (Å²) in [6, 6.07) is 11.8. The molecular weight excluding hydrogens is 327 g/mol. The molecule has 1 aromatic carbocycles. The Balaban J connectivity index is 2.13. The van der Waals surface area contributed by atoms with Gasteiger partial charge in [0.25, 0.3) is 0 Å². The monoisotopic (exact) mass is 340 g/mol. The molecule has 0 aliphatic rings. The molecular formula is C13H13IN2O. The highest BCUT2D eigenvalue weighted by Crippen LogP contribution is 2.21. The van der Waals surface area contributed by atoms with Crippen LogP contribution in [0.5, 0.6) is 5.75 Å². The molecule has 0 saturated carbocycles. The topological polar surface area (TPSA) is 48.1 Å². The fourth-order valence-electron chi connectivity index (χ4n) is 1.50. The molecule has 0 aliphatic heterocycles. The Labute approximate surface area is 114 Å². The van der Waals surface area contributed by atoms with Gasteiger partial charge < -0.3 is 10.5 Å². The largest absolute Gasteiger partial charge is 0.484 e. The van der Waals surface area contributed by atoms with Crippen molar-refractivity contribution < 1.29 is 4.74 Å². The molecule has 0 spiro atoms. The summed E-state index contributed by atoms with van der Waals surface area (Å²) in [4.78, 5) is 4.07. The van der Waals surface area contributed by atoms with Crippen molar-refractivity contribution in [3.63, 3.8) is 0 Å². The Hall–Kier alpha value is -1.14. The second-order valence-electron chi connectivity index (χ2n) is 3.58. The van der Waals surface area contributed by atoms with E-state index in [9.17, 15) is 0 Å². The van der Waals surface area contributed by atoms with Gasteiger partial charge >= 0.3 is 0 Å². The zero-order valence-electron chi connectivity index (χ0n) is 9.21. The normalized spacial score (nSPS) is 12.1. The van der Waals surface area contributed by atoms with E-state index >= 15 is 0 Å². The number of nitrogens with zero attached hydrogens (tertiary/aromatic N) is 1. The minimum atomic E-state index is -0.149. The van der Waals surface area contributed by atoms with Gasteiger partial charge in [-0.05, 0) is 52.9 Å². The van der Waals surface area contributed by atoms with Crippen LogP contribution in [0.15, 0.2) is 48.8 Å². The maximum Gasteiger partial charge on any atom is 0.137 e.